The first-order chi connectivity index (χ1) is 9.76. The van der Waals surface area contributed by atoms with Crippen molar-refractivity contribution in [3.63, 3.8) is 0 Å². The number of hydrogen-bond acceptors (Lipinski definition) is 6. The van der Waals surface area contributed by atoms with Crippen molar-refractivity contribution in [3.05, 3.63) is 39.8 Å². The summed E-state index contributed by atoms with van der Waals surface area (Å²) >= 11 is 0. The summed E-state index contributed by atoms with van der Waals surface area (Å²) in [5, 5.41) is 22.1. The first-order valence-corrected chi connectivity index (χ1v) is 6.59. The molecule has 7 nitrogen and oxygen atoms in total. The fourth-order valence-corrected chi connectivity index (χ4v) is 1.76. The van der Waals surface area contributed by atoms with Crippen LogP contribution in [-0.4, -0.2) is 20.7 Å². The molecule has 0 atom stereocenters. The molecular weight excluding hydrogens is 272 g/mol. The van der Waals surface area contributed by atoms with Gasteiger partial charge in [-0.05, 0) is 39.3 Å². The van der Waals surface area contributed by atoms with E-state index in [0.717, 1.165) is 5.56 Å². The largest absolute Gasteiger partial charge is 0.419 e. The number of nitro groups is 1. The molecule has 0 aliphatic rings. The number of nitrogens with zero attached hydrogens (tertiary/aromatic N) is 3. The summed E-state index contributed by atoms with van der Waals surface area (Å²) in [5.41, 5.74) is 1.11. The minimum atomic E-state index is -0.452. The van der Waals surface area contributed by atoms with Crippen molar-refractivity contribution < 1.29 is 9.34 Å². The van der Waals surface area contributed by atoms with Crippen molar-refractivity contribution in [2.75, 3.05) is 0 Å². The topological polar surface area (TPSA) is 94.1 Å². The second kappa shape index (κ2) is 5.61. The Bertz CT molecular complexity index is 658. The molecule has 0 radical (unpaired) electrons. The van der Waals surface area contributed by atoms with Crippen LogP contribution in [0.5, 0.6) is 0 Å². The van der Waals surface area contributed by atoms with E-state index in [2.05, 4.69) is 15.5 Å². The maximum atomic E-state index is 11.1. The molecule has 1 heterocycles. The fraction of sp³-hybridized carbons (Fsp3) is 0.429. The summed E-state index contributed by atoms with van der Waals surface area (Å²) in [6.07, 6.45) is 0. The van der Waals surface area contributed by atoms with Gasteiger partial charge >= 0.3 is 0 Å². The van der Waals surface area contributed by atoms with Crippen LogP contribution in [-0.2, 0) is 6.54 Å². The highest BCUT2D eigenvalue weighted by Crippen LogP contribution is 2.29. The van der Waals surface area contributed by atoms with Crippen LogP contribution in [0.1, 0.15) is 32.2 Å². The molecule has 0 spiro atoms. The van der Waals surface area contributed by atoms with Gasteiger partial charge in [-0.25, -0.2) is 0 Å². The number of nitro benzene ring substituents is 1. The minimum Gasteiger partial charge on any atom is -0.419 e. The maximum absolute atomic E-state index is 11.1. The van der Waals surface area contributed by atoms with Gasteiger partial charge in [0.15, 0.2) is 0 Å². The molecule has 2 rings (SSSR count). The van der Waals surface area contributed by atoms with Gasteiger partial charge < -0.3 is 9.73 Å². The molecule has 0 aliphatic heterocycles. The van der Waals surface area contributed by atoms with E-state index in [1.54, 1.807) is 12.1 Å². The number of aromatic nitrogens is 2. The lowest BCUT2D eigenvalue weighted by molar-refractivity contribution is -0.384. The molecule has 0 aliphatic carbocycles. The molecule has 1 aromatic carbocycles. The molecule has 0 saturated heterocycles. The van der Waals surface area contributed by atoms with E-state index >= 15 is 0 Å². The number of benzene rings is 1. The van der Waals surface area contributed by atoms with E-state index in [0.29, 0.717) is 18.0 Å². The average molecular weight is 290 g/mol. The van der Waals surface area contributed by atoms with E-state index in [-0.39, 0.29) is 17.1 Å². The minimum absolute atomic E-state index is 0.0421. The van der Waals surface area contributed by atoms with Crippen molar-refractivity contribution >= 4 is 5.69 Å². The molecule has 7 heteroatoms. The van der Waals surface area contributed by atoms with Gasteiger partial charge in [0.25, 0.3) is 11.6 Å². The highest BCUT2D eigenvalue weighted by atomic mass is 16.6. The van der Waals surface area contributed by atoms with E-state index in [1.807, 2.05) is 27.7 Å². The second-order valence-electron chi connectivity index (χ2n) is 5.88. The summed E-state index contributed by atoms with van der Waals surface area (Å²) in [7, 11) is 0. The van der Waals surface area contributed by atoms with Gasteiger partial charge in [-0.3, -0.25) is 10.1 Å². The summed E-state index contributed by atoms with van der Waals surface area (Å²) in [6, 6.07) is 4.80. The predicted octanol–water partition coefficient (Wildman–Crippen LogP) is 2.84. The van der Waals surface area contributed by atoms with Crippen molar-refractivity contribution in [2.45, 2.75) is 39.8 Å². The van der Waals surface area contributed by atoms with Crippen LogP contribution in [0.3, 0.4) is 0 Å². The second-order valence-corrected chi connectivity index (χ2v) is 5.88. The third-order valence-electron chi connectivity index (χ3n) is 2.82. The molecule has 0 amide bonds. The fourth-order valence-electron chi connectivity index (χ4n) is 1.76. The molecule has 21 heavy (non-hydrogen) atoms. The molecule has 1 aromatic heterocycles. The standard InChI is InChI=1S/C14H18N4O3/c1-9-5-6-11(18(19)20)10(7-9)13-17-16-12(21-13)8-15-14(2,3)4/h5-7,15H,8H2,1-4H3. The Hall–Kier alpha value is -2.28. The Morgan fingerprint density at radius 1 is 1.33 bits per heavy atom. The van der Waals surface area contributed by atoms with Crippen LogP contribution < -0.4 is 5.32 Å². The monoisotopic (exact) mass is 290 g/mol. The molecular formula is C14H18N4O3. The van der Waals surface area contributed by atoms with Gasteiger partial charge in [-0.2, -0.15) is 0 Å². The van der Waals surface area contributed by atoms with Crippen LogP contribution in [0.15, 0.2) is 22.6 Å². The Morgan fingerprint density at radius 3 is 2.67 bits per heavy atom. The smallest absolute Gasteiger partial charge is 0.282 e. The molecule has 0 bridgehead atoms. The maximum Gasteiger partial charge on any atom is 0.282 e. The zero-order valence-electron chi connectivity index (χ0n) is 12.5. The average Bonchev–Trinajstić information content (AvgIpc) is 2.83. The Kier molecular flexibility index (Phi) is 4.04. The van der Waals surface area contributed by atoms with Crippen LogP contribution in [0.25, 0.3) is 11.5 Å². The van der Waals surface area contributed by atoms with Crippen LogP contribution in [0, 0.1) is 17.0 Å². The van der Waals surface area contributed by atoms with E-state index in [1.165, 1.54) is 6.07 Å². The lowest BCUT2D eigenvalue weighted by Gasteiger charge is -2.18. The molecule has 1 N–H and O–H groups in total. The number of hydrogen-bond donors (Lipinski definition) is 1. The van der Waals surface area contributed by atoms with Gasteiger partial charge in [-0.15, -0.1) is 10.2 Å². The van der Waals surface area contributed by atoms with Crippen LogP contribution in [0.4, 0.5) is 5.69 Å². The van der Waals surface area contributed by atoms with Gasteiger partial charge in [-0.1, -0.05) is 6.07 Å². The Labute approximate surface area is 122 Å². The number of aryl methyl sites for hydroxylation is 1. The molecule has 0 saturated carbocycles. The van der Waals surface area contributed by atoms with Crippen molar-refractivity contribution in [3.8, 4) is 11.5 Å². The van der Waals surface area contributed by atoms with Crippen molar-refractivity contribution in [2.24, 2.45) is 0 Å². The van der Waals surface area contributed by atoms with Crippen molar-refractivity contribution in [1.82, 2.24) is 15.5 Å². The molecule has 2 aromatic rings. The molecule has 0 unspecified atom stereocenters. The first-order valence-electron chi connectivity index (χ1n) is 6.59. The number of nitrogens with one attached hydrogen (secondary N) is 1. The van der Waals surface area contributed by atoms with Gasteiger partial charge in [0.2, 0.25) is 5.89 Å². The van der Waals surface area contributed by atoms with Crippen LogP contribution >= 0.6 is 0 Å². The lowest BCUT2D eigenvalue weighted by Crippen LogP contribution is -2.35. The van der Waals surface area contributed by atoms with E-state index < -0.39 is 4.92 Å². The summed E-state index contributed by atoms with van der Waals surface area (Å²) in [5.74, 6) is 0.562. The zero-order valence-corrected chi connectivity index (χ0v) is 12.5. The predicted molar refractivity (Wildman–Crippen MR) is 77.7 cm³/mol. The normalized spacial score (nSPS) is 11.6. The summed E-state index contributed by atoms with van der Waals surface area (Å²) in [6.45, 7) is 8.34. The quantitative estimate of drug-likeness (QED) is 0.687. The summed E-state index contributed by atoms with van der Waals surface area (Å²) in [4.78, 5) is 10.6. The summed E-state index contributed by atoms with van der Waals surface area (Å²) < 4.78 is 5.52. The van der Waals surface area contributed by atoms with Gasteiger partial charge in [0, 0.05) is 11.6 Å². The van der Waals surface area contributed by atoms with Crippen LogP contribution in [0.2, 0.25) is 0 Å². The SMILES string of the molecule is Cc1ccc([N+](=O)[O-])c(-c2nnc(CNC(C)(C)C)o2)c1. The third kappa shape index (κ3) is 3.85. The highest BCUT2D eigenvalue weighted by Gasteiger charge is 2.21. The Balaban J connectivity index is 2.29. The zero-order chi connectivity index (χ0) is 15.6. The third-order valence-corrected chi connectivity index (χ3v) is 2.82. The molecule has 112 valence electrons. The van der Waals surface area contributed by atoms with E-state index in [4.69, 9.17) is 4.42 Å². The number of rotatable bonds is 4. The van der Waals surface area contributed by atoms with E-state index in [9.17, 15) is 10.1 Å². The van der Waals surface area contributed by atoms with Crippen molar-refractivity contribution in [1.29, 1.82) is 0 Å². The Morgan fingerprint density at radius 2 is 2.05 bits per heavy atom. The molecule has 0 fully saturated rings. The highest BCUT2D eigenvalue weighted by molar-refractivity contribution is 5.67. The van der Waals surface area contributed by atoms with Gasteiger partial charge in [0.1, 0.15) is 5.56 Å². The first kappa shape index (κ1) is 15.1. The lowest BCUT2D eigenvalue weighted by atomic mass is 10.1. The van der Waals surface area contributed by atoms with Gasteiger partial charge in [0.05, 0.1) is 11.5 Å².